The van der Waals surface area contributed by atoms with Crippen molar-refractivity contribution in [2.24, 2.45) is 11.7 Å². The smallest absolute Gasteiger partial charge is 0.352 e. The molecule has 1 saturated carbocycles. The summed E-state index contributed by atoms with van der Waals surface area (Å²) in [5, 5.41) is 3.14. The van der Waals surface area contributed by atoms with Crippen molar-refractivity contribution in [3.8, 4) is 0 Å². The van der Waals surface area contributed by atoms with Crippen LogP contribution in [0.25, 0.3) is 0 Å². The molecule has 1 saturated heterocycles. The van der Waals surface area contributed by atoms with E-state index in [2.05, 4.69) is 10.2 Å². The lowest BCUT2D eigenvalue weighted by Crippen LogP contribution is -2.54. The van der Waals surface area contributed by atoms with Crippen LogP contribution in [0.2, 0.25) is 0 Å². The van der Waals surface area contributed by atoms with E-state index >= 15 is 0 Å². The minimum Gasteiger partial charge on any atom is -0.352 e. The van der Waals surface area contributed by atoms with E-state index in [1.807, 2.05) is 6.92 Å². The molecule has 2 aliphatic rings. The molecule has 27 heavy (non-hydrogen) atoms. The fourth-order valence-electron chi connectivity index (χ4n) is 4.24. The molecule has 2 fully saturated rings. The molecule has 0 aromatic heterocycles. The van der Waals surface area contributed by atoms with Gasteiger partial charge in [0.05, 0.1) is 11.5 Å². The van der Waals surface area contributed by atoms with E-state index in [1.54, 1.807) is 0 Å². The van der Waals surface area contributed by atoms with Gasteiger partial charge in [-0.25, -0.2) is 0 Å². The first-order chi connectivity index (χ1) is 12.6. The highest BCUT2D eigenvalue weighted by Crippen LogP contribution is 2.32. The zero-order chi connectivity index (χ0) is 19.7. The summed E-state index contributed by atoms with van der Waals surface area (Å²) >= 11 is 0. The zero-order valence-electron chi connectivity index (χ0n) is 15.7. The van der Waals surface area contributed by atoms with E-state index in [9.17, 15) is 18.0 Å². The number of nitrogens with two attached hydrogens (primary N) is 1. The number of benzene rings is 1. The van der Waals surface area contributed by atoms with Crippen LogP contribution in [0.5, 0.6) is 0 Å². The SMILES string of the molecule is CC1(N)CCCCC1C(=O)NC1CCN(Cc2ccc(C(F)(F)F)cc2)C1. The van der Waals surface area contributed by atoms with E-state index in [-0.39, 0.29) is 17.9 Å². The summed E-state index contributed by atoms with van der Waals surface area (Å²) in [5.41, 5.74) is 6.09. The Hall–Kier alpha value is -1.60. The molecule has 3 rings (SSSR count). The monoisotopic (exact) mass is 383 g/mol. The van der Waals surface area contributed by atoms with Crippen molar-refractivity contribution < 1.29 is 18.0 Å². The van der Waals surface area contributed by atoms with Gasteiger partial charge in [0.2, 0.25) is 5.91 Å². The van der Waals surface area contributed by atoms with Crippen LogP contribution in [0.15, 0.2) is 24.3 Å². The van der Waals surface area contributed by atoms with Crippen LogP contribution >= 0.6 is 0 Å². The van der Waals surface area contributed by atoms with Crippen molar-refractivity contribution in [1.29, 1.82) is 0 Å². The first-order valence-corrected chi connectivity index (χ1v) is 9.63. The van der Waals surface area contributed by atoms with E-state index in [1.165, 1.54) is 12.1 Å². The van der Waals surface area contributed by atoms with E-state index in [0.29, 0.717) is 13.1 Å². The molecule has 150 valence electrons. The zero-order valence-corrected chi connectivity index (χ0v) is 15.7. The number of hydrogen-bond donors (Lipinski definition) is 2. The molecule has 1 aromatic rings. The van der Waals surface area contributed by atoms with Gasteiger partial charge in [0, 0.05) is 31.2 Å². The van der Waals surface area contributed by atoms with Crippen LogP contribution in [0, 0.1) is 5.92 Å². The van der Waals surface area contributed by atoms with Crippen molar-refractivity contribution in [1.82, 2.24) is 10.2 Å². The number of likely N-dealkylation sites (tertiary alicyclic amines) is 1. The van der Waals surface area contributed by atoms with E-state index in [0.717, 1.165) is 56.3 Å². The Labute approximate surface area is 158 Å². The van der Waals surface area contributed by atoms with Crippen molar-refractivity contribution in [3.05, 3.63) is 35.4 Å². The Morgan fingerprint density at radius 2 is 1.96 bits per heavy atom. The Bertz CT molecular complexity index is 657. The average molecular weight is 383 g/mol. The Morgan fingerprint density at radius 1 is 1.26 bits per heavy atom. The number of alkyl halides is 3. The van der Waals surface area contributed by atoms with Crippen LogP contribution in [0.1, 0.15) is 50.2 Å². The maximum absolute atomic E-state index is 12.6. The van der Waals surface area contributed by atoms with E-state index in [4.69, 9.17) is 5.73 Å². The van der Waals surface area contributed by atoms with Crippen LogP contribution < -0.4 is 11.1 Å². The Kier molecular flexibility index (Phi) is 5.82. The molecule has 3 N–H and O–H groups in total. The van der Waals surface area contributed by atoms with Crippen LogP contribution in [-0.4, -0.2) is 35.5 Å². The minimum absolute atomic E-state index is 0.0427. The molecular weight excluding hydrogens is 355 g/mol. The van der Waals surface area contributed by atoms with Gasteiger partial charge in [-0.3, -0.25) is 9.69 Å². The summed E-state index contributed by atoms with van der Waals surface area (Å²) in [5.74, 6) is -0.101. The quantitative estimate of drug-likeness (QED) is 0.839. The molecule has 3 unspecified atom stereocenters. The van der Waals surface area contributed by atoms with Crippen molar-refractivity contribution >= 4 is 5.91 Å². The normalized spacial score (nSPS) is 29.7. The van der Waals surface area contributed by atoms with Gasteiger partial charge in [-0.2, -0.15) is 13.2 Å². The molecular formula is C20H28F3N3O. The molecule has 4 nitrogen and oxygen atoms in total. The maximum Gasteiger partial charge on any atom is 0.416 e. The molecule has 7 heteroatoms. The first kappa shape index (κ1) is 20.1. The number of amides is 1. The average Bonchev–Trinajstić information content (AvgIpc) is 3.01. The number of nitrogens with one attached hydrogen (secondary N) is 1. The topological polar surface area (TPSA) is 58.4 Å². The number of halogens is 3. The fraction of sp³-hybridized carbons (Fsp3) is 0.650. The maximum atomic E-state index is 12.6. The molecule has 1 aliphatic carbocycles. The molecule has 0 radical (unpaired) electrons. The van der Waals surface area contributed by atoms with Gasteiger partial charge >= 0.3 is 6.18 Å². The molecule has 0 bridgehead atoms. The summed E-state index contributed by atoms with van der Waals surface area (Å²) in [7, 11) is 0. The van der Waals surface area contributed by atoms with Gasteiger partial charge in [-0.1, -0.05) is 25.0 Å². The molecule has 1 aliphatic heterocycles. The standard InChI is InChI=1S/C20H28F3N3O/c1-19(24)10-3-2-4-17(19)18(27)25-16-9-11-26(13-16)12-14-5-7-15(8-6-14)20(21,22)23/h5-8,16-17H,2-4,9-13,24H2,1H3,(H,25,27). The molecule has 3 atom stereocenters. The van der Waals surface area contributed by atoms with Gasteiger partial charge in [0.1, 0.15) is 0 Å². The Balaban J connectivity index is 1.51. The number of rotatable bonds is 4. The van der Waals surface area contributed by atoms with Crippen LogP contribution in [0.4, 0.5) is 13.2 Å². The number of nitrogens with zero attached hydrogens (tertiary/aromatic N) is 1. The van der Waals surface area contributed by atoms with Gasteiger partial charge in [-0.05, 0) is 43.9 Å². The number of carbonyl (C=O) groups excluding carboxylic acids is 1. The molecule has 0 spiro atoms. The fourth-order valence-corrected chi connectivity index (χ4v) is 4.24. The summed E-state index contributed by atoms with van der Waals surface area (Å²) in [6, 6.07) is 5.36. The lowest BCUT2D eigenvalue weighted by molar-refractivity contribution is -0.137. The van der Waals surface area contributed by atoms with Crippen LogP contribution in [-0.2, 0) is 17.5 Å². The second-order valence-electron chi connectivity index (χ2n) is 8.23. The number of carbonyl (C=O) groups is 1. The largest absolute Gasteiger partial charge is 0.416 e. The lowest BCUT2D eigenvalue weighted by Gasteiger charge is -2.37. The van der Waals surface area contributed by atoms with Crippen LogP contribution in [0.3, 0.4) is 0 Å². The van der Waals surface area contributed by atoms with Crippen molar-refractivity contribution in [3.63, 3.8) is 0 Å². The third kappa shape index (κ3) is 5.02. The predicted octanol–water partition coefficient (Wildman–Crippen LogP) is 3.30. The second-order valence-corrected chi connectivity index (χ2v) is 8.23. The lowest BCUT2D eigenvalue weighted by atomic mass is 9.74. The summed E-state index contributed by atoms with van der Waals surface area (Å²) in [6.07, 6.45) is 0.353. The summed E-state index contributed by atoms with van der Waals surface area (Å²) < 4.78 is 37.9. The van der Waals surface area contributed by atoms with E-state index < -0.39 is 17.3 Å². The van der Waals surface area contributed by atoms with Gasteiger partial charge in [0.25, 0.3) is 0 Å². The van der Waals surface area contributed by atoms with Crippen molar-refractivity contribution in [2.75, 3.05) is 13.1 Å². The summed E-state index contributed by atoms with van der Waals surface area (Å²) in [6.45, 7) is 4.07. The highest BCUT2D eigenvalue weighted by molar-refractivity contribution is 5.80. The first-order valence-electron chi connectivity index (χ1n) is 9.63. The minimum atomic E-state index is -4.31. The highest BCUT2D eigenvalue weighted by atomic mass is 19.4. The highest BCUT2D eigenvalue weighted by Gasteiger charge is 2.39. The Morgan fingerprint density at radius 3 is 2.59 bits per heavy atom. The molecule has 1 amide bonds. The van der Waals surface area contributed by atoms with Crippen molar-refractivity contribution in [2.45, 2.75) is 63.3 Å². The summed E-state index contributed by atoms with van der Waals surface area (Å²) in [4.78, 5) is 14.8. The number of hydrogen-bond acceptors (Lipinski definition) is 3. The third-order valence-corrected chi connectivity index (χ3v) is 5.88. The predicted molar refractivity (Wildman–Crippen MR) is 97.8 cm³/mol. The molecule has 1 aromatic carbocycles. The van der Waals surface area contributed by atoms with Gasteiger partial charge < -0.3 is 11.1 Å². The van der Waals surface area contributed by atoms with Gasteiger partial charge in [-0.15, -0.1) is 0 Å². The second kappa shape index (κ2) is 7.80. The third-order valence-electron chi connectivity index (χ3n) is 5.88. The molecule has 1 heterocycles. The van der Waals surface area contributed by atoms with Gasteiger partial charge in [0.15, 0.2) is 0 Å².